The van der Waals surface area contributed by atoms with Gasteiger partial charge in [-0.1, -0.05) is 0 Å². The van der Waals surface area contributed by atoms with Crippen molar-refractivity contribution >= 4 is 5.97 Å². The van der Waals surface area contributed by atoms with E-state index in [2.05, 4.69) is 0 Å². The molecule has 0 aromatic carbocycles. The van der Waals surface area contributed by atoms with Gasteiger partial charge in [0.25, 0.3) is 0 Å². The Hall–Kier alpha value is -0.570. The number of carbonyl (C=O) groups is 1. The van der Waals surface area contributed by atoms with Crippen molar-refractivity contribution in [3.05, 3.63) is 0 Å². The van der Waals surface area contributed by atoms with Gasteiger partial charge in [-0.2, -0.15) is 0 Å². The van der Waals surface area contributed by atoms with Crippen LogP contribution in [0.25, 0.3) is 0 Å². The largest absolute Gasteiger partial charge is 0.466 e. The topological polar surface area (TPSA) is 35.5 Å². The van der Waals surface area contributed by atoms with Gasteiger partial charge in [-0.05, 0) is 13.8 Å². The molecule has 0 rings (SSSR count). The molecule has 0 aliphatic carbocycles. The van der Waals surface area contributed by atoms with E-state index < -0.39 is 0 Å². The summed E-state index contributed by atoms with van der Waals surface area (Å²) < 4.78 is 9.56. The van der Waals surface area contributed by atoms with Crippen LogP contribution in [0.15, 0.2) is 0 Å². The second kappa shape index (κ2) is 5.23. The lowest BCUT2D eigenvalue weighted by Crippen LogP contribution is -2.14. The molecule has 0 fully saturated rings. The first-order valence-corrected chi connectivity index (χ1v) is 3.39. The van der Waals surface area contributed by atoms with Gasteiger partial charge in [0.15, 0.2) is 0 Å². The van der Waals surface area contributed by atoms with Crippen LogP contribution < -0.4 is 0 Å². The van der Waals surface area contributed by atoms with E-state index in [0.717, 1.165) is 0 Å². The lowest BCUT2D eigenvalue weighted by molar-refractivity contribution is -0.145. The Morgan fingerprint density at radius 1 is 1.60 bits per heavy atom. The molecular weight excluding hydrogens is 132 g/mol. The Morgan fingerprint density at radius 2 is 2.20 bits per heavy atom. The highest BCUT2D eigenvalue weighted by Crippen LogP contribution is 1.96. The first kappa shape index (κ1) is 9.43. The van der Waals surface area contributed by atoms with Crippen LogP contribution in [-0.2, 0) is 14.3 Å². The smallest absolute Gasteiger partial charge is 0.308 e. The third-order valence-electron chi connectivity index (χ3n) is 1.16. The van der Waals surface area contributed by atoms with Crippen molar-refractivity contribution in [2.24, 2.45) is 0 Å². The Kier molecular flexibility index (Phi) is 4.94. The molecule has 1 unspecified atom stereocenters. The predicted molar refractivity (Wildman–Crippen MR) is 37.7 cm³/mol. The van der Waals surface area contributed by atoms with Gasteiger partial charge in [0, 0.05) is 7.11 Å². The monoisotopic (exact) mass is 146 g/mol. The van der Waals surface area contributed by atoms with Gasteiger partial charge in [-0.15, -0.1) is 0 Å². The van der Waals surface area contributed by atoms with E-state index in [9.17, 15) is 4.79 Å². The number of esters is 1. The third kappa shape index (κ3) is 4.32. The summed E-state index contributed by atoms with van der Waals surface area (Å²) in [5.41, 5.74) is 0. The van der Waals surface area contributed by atoms with Gasteiger partial charge in [-0.25, -0.2) is 0 Å². The number of hydrogen-bond acceptors (Lipinski definition) is 3. The van der Waals surface area contributed by atoms with E-state index in [1.54, 1.807) is 14.0 Å². The number of carbonyl (C=O) groups excluding carboxylic acids is 1. The van der Waals surface area contributed by atoms with Crippen molar-refractivity contribution in [2.45, 2.75) is 26.4 Å². The highest BCUT2D eigenvalue weighted by Gasteiger charge is 2.07. The van der Waals surface area contributed by atoms with Gasteiger partial charge in [0.2, 0.25) is 0 Å². The van der Waals surface area contributed by atoms with Crippen LogP contribution >= 0.6 is 0 Å². The maximum absolute atomic E-state index is 10.7. The quantitative estimate of drug-likeness (QED) is 0.554. The van der Waals surface area contributed by atoms with Crippen LogP contribution in [0.4, 0.5) is 0 Å². The molecule has 0 aliphatic rings. The first-order chi connectivity index (χ1) is 4.70. The minimum absolute atomic E-state index is 0.0425. The highest BCUT2D eigenvalue weighted by molar-refractivity contribution is 5.69. The number of hydrogen-bond donors (Lipinski definition) is 0. The molecule has 60 valence electrons. The van der Waals surface area contributed by atoms with E-state index in [-0.39, 0.29) is 12.1 Å². The molecule has 0 aromatic rings. The van der Waals surface area contributed by atoms with Gasteiger partial charge < -0.3 is 9.47 Å². The zero-order valence-corrected chi connectivity index (χ0v) is 6.72. The third-order valence-corrected chi connectivity index (χ3v) is 1.16. The van der Waals surface area contributed by atoms with E-state index in [0.29, 0.717) is 13.0 Å². The summed E-state index contributed by atoms with van der Waals surface area (Å²) >= 11 is 0. The molecular formula is C7H14O3. The molecule has 0 aliphatic heterocycles. The summed E-state index contributed by atoms with van der Waals surface area (Å²) in [5, 5.41) is 0. The predicted octanol–water partition coefficient (Wildman–Crippen LogP) is 0.975. The van der Waals surface area contributed by atoms with Gasteiger partial charge >= 0.3 is 5.97 Å². The van der Waals surface area contributed by atoms with Crippen LogP contribution in [0, 0.1) is 0 Å². The van der Waals surface area contributed by atoms with E-state index in [1.807, 2.05) is 6.92 Å². The summed E-state index contributed by atoms with van der Waals surface area (Å²) in [5.74, 6) is -0.197. The zero-order chi connectivity index (χ0) is 7.98. The fourth-order valence-corrected chi connectivity index (χ4v) is 0.538. The molecule has 0 heterocycles. The van der Waals surface area contributed by atoms with Crippen LogP contribution in [-0.4, -0.2) is 25.8 Å². The van der Waals surface area contributed by atoms with Crippen molar-refractivity contribution in [3.8, 4) is 0 Å². The molecule has 0 bridgehead atoms. The number of ether oxygens (including phenoxy) is 2. The number of methoxy groups -OCH3 is 1. The second-order valence-corrected chi connectivity index (χ2v) is 2.06. The maximum Gasteiger partial charge on any atom is 0.308 e. The van der Waals surface area contributed by atoms with Crippen molar-refractivity contribution in [1.82, 2.24) is 0 Å². The summed E-state index contributed by atoms with van der Waals surface area (Å²) in [6.45, 7) is 4.06. The minimum Gasteiger partial charge on any atom is -0.466 e. The Balaban J connectivity index is 3.37. The average Bonchev–Trinajstić information content (AvgIpc) is 1.88. The molecule has 1 atom stereocenters. The summed E-state index contributed by atoms with van der Waals surface area (Å²) in [4.78, 5) is 10.7. The van der Waals surface area contributed by atoms with E-state index >= 15 is 0 Å². The minimum atomic E-state index is -0.197. The first-order valence-electron chi connectivity index (χ1n) is 3.39. The van der Waals surface area contributed by atoms with E-state index in [4.69, 9.17) is 9.47 Å². The molecule has 3 nitrogen and oxygen atoms in total. The van der Waals surface area contributed by atoms with Crippen LogP contribution in [0.3, 0.4) is 0 Å². The molecule has 10 heavy (non-hydrogen) atoms. The van der Waals surface area contributed by atoms with Crippen LogP contribution in [0.5, 0.6) is 0 Å². The fourth-order valence-electron chi connectivity index (χ4n) is 0.538. The van der Waals surface area contributed by atoms with Gasteiger partial charge in [-0.3, -0.25) is 4.79 Å². The van der Waals surface area contributed by atoms with Crippen molar-refractivity contribution in [2.75, 3.05) is 13.7 Å². The van der Waals surface area contributed by atoms with E-state index in [1.165, 1.54) is 0 Å². The highest BCUT2D eigenvalue weighted by atomic mass is 16.5. The van der Waals surface area contributed by atoms with Crippen molar-refractivity contribution in [1.29, 1.82) is 0 Å². The molecule has 0 N–H and O–H groups in total. The molecule has 0 saturated heterocycles. The lowest BCUT2D eigenvalue weighted by atomic mass is 10.3. The Bertz CT molecular complexity index is 101. The van der Waals surface area contributed by atoms with Crippen LogP contribution in [0.2, 0.25) is 0 Å². The fraction of sp³-hybridized carbons (Fsp3) is 0.857. The SMILES string of the molecule is CCOC(=O)CC(C)OC. The standard InChI is InChI=1S/C7H14O3/c1-4-10-7(8)5-6(2)9-3/h6H,4-5H2,1-3H3. The zero-order valence-electron chi connectivity index (χ0n) is 6.72. The molecule has 0 saturated carbocycles. The summed E-state index contributed by atoms with van der Waals surface area (Å²) in [7, 11) is 1.57. The lowest BCUT2D eigenvalue weighted by Gasteiger charge is -2.07. The molecule has 3 heteroatoms. The van der Waals surface area contributed by atoms with Crippen LogP contribution in [0.1, 0.15) is 20.3 Å². The second-order valence-electron chi connectivity index (χ2n) is 2.06. The van der Waals surface area contributed by atoms with Gasteiger partial charge in [0.1, 0.15) is 0 Å². The maximum atomic E-state index is 10.7. The number of rotatable bonds is 4. The Morgan fingerprint density at radius 3 is 2.60 bits per heavy atom. The average molecular weight is 146 g/mol. The Labute approximate surface area is 61.3 Å². The molecule has 0 spiro atoms. The molecule has 0 radical (unpaired) electrons. The summed E-state index contributed by atoms with van der Waals surface area (Å²) in [6, 6.07) is 0. The van der Waals surface area contributed by atoms with Crippen molar-refractivity contribution in [3.63, 3.8) is 0 Å². The van der Waals surface area contributed by atoms with Crippen molar-refractivity contribution < 1.29 is 14.3 Å². The molecule has 0 amide bonds. The molecule has 0 aromatic heterocycles. The summed E-state index contributed by atoms with van der Waals surface area (Å²) in [6.07, 6.45) is 0.295. The van der Waals surface area contributed by atoms with Gasteiger partial charge in [0.05, 0.1) is 19.1 Å². The normalized spacial score (nSPS) is 12.7.